The predicted octanol–water partition coefficient (Wildman–Crippen LogP) is 4.97. The number of carbonyl (C=O) groups excluding carboxylic acids is 1. The van der Waals surface area contributed by atoms with E-state index in [1.165, 1.54) is 12.0 Å². The summed E-state index contributed by atoms with van der Waals surface area (Å²) >= 11 is 0. The topological polar surface area (TPSA) is 66.9 Å². The van der Waals surface area contributed by atoms with Gasteiger partial charge in [-0.05, 0) is 67.9 Å². The van der Waals surface area contributed by atoms with Gasteiger partial charge in [0.2, 0.25) is 5.91 Å². The van der Waals surface area contributed by atoms with Gasteiger partial charge in [0, 0.05) is 30.2 Å². The van der Waals surface area contributed by atoms with Gasteiger partial charge >= 0.3 is 0 Å². The zero-order valence-corrected chi connectivity index (χ0v) is 17.7. The van der Waals surface area contributed by atoms with Crippen molar-refractivity contribution in [2.24, 2.45) is 0 Å². The van der Waals surface area contributed by atoms with Crippen molar-refractivity contribution in [3.8, 4) is 0 Å². The number of nitrogens with one attached hydrogen (secondary N) is 2. The molecule has 0 spiro atoms. The van der Waals surface area contributed by atoms with E-state index in [4.69, 9.17) is 4.98 Å². The first kappa shape index (κ1) is 20.3. The molecule has 1 atom stereocenters. The summed E-state index contributed by atoms with van der Waals surface area (Å²) in [6.07, 6.45) is 8.30. The minimum atomic E-state index is 0.00277. The van der Waals surface area contributed by atoms with Crippen molar-refractivity contribution < 1.29 is 4.79 Å². The van der Waals surface area contributed by atoms with Gasteiger partial charge in [-0.3, -0.25) is 9.78 Å². The number of fused-ring (bicyclic) bond motifs is 2. The van der Waals surface area contributed by atoms with E-state index in [1.54, 1.807) is 0 Å². The van der Waals surface area contributed by atoms with E-state index in [9.17, 15) is 4.79 Å². The van der Waals surface area contributed by atoms with Gasteiger partial charge in [0.25, 0.3) is 0 Å². The van der Waals surface area contributed by atoms with Crippen LogP contribution in [0, 0.1) is 0 Å². The Labute approximate surface area is 178 Å². The third-order valence-electron chi connectivity index (χ3n) is 5.80. The molecule has 2 N–H and O–H groups in total. The van der Waals surface area contributed by atoms with Gasteiger partial charge in [0.1, 0.15) is 5.82 Å². The van der Waals surface area contributed by atoms with Crippen LogP contribution in [0.1, 0.15) is 61.9 Å². The number of rotatable bonds is 8. The molecule has 30 heavy (non-hydrogen) atoms. The van der Waals surface area contributed by atoms with E-state index in [0.29, 0.717) is 6.42 Å². The largest absolute Gasteiger partial charge is 0.370 e. The summed E-state index contributed by atoms with van der Waals surface area (Å²) in [6.45, 7) is 3.10. The fourth-order valence-electron chi connectivity index (χ4n) is 4.07. The number of carbonyl (C=O) groups is 1. The van der Waals surface area contributed by atoms with Crippen LogP contribution in [0.25, 0.3) is 10.9 Å². The number of hydrogen-bond acceptors (Lipinski definition) is 4. The normalized spacial score (nSPS) is 14.0. The predicted molar refractivity (Wildman–Crippen MR) is 122 cm³/mol. The summed E-state index contributed by atoms with van der Waals surface area (Å²) in [4.78, 5) is 21.8. The average molecular weight is 403 g/mol. The smallest absolute Gasteiger partial charge is 0.220 e. The highest BCUT2D eigenvalue weighted by Crippen LogP contribution is 2.22. The first-order chi connectivity index (χ1) is 14.7. The highest BCUT2D eigenvalue weighted by atomic mass is 16.1. The highest BCUT2D eigenvalue weighted by molar-refractivity contribution is 5.79. The monoisotopic (exact) mass is 402 g/mol. The van der Waals surface area contributed by atoms with Crippen LogP contribution in [-0.4, -0.2) is 22.4 Å². The van der Waals surface area contributed by atoms with Crippen molar-refractivity contribution in [1.29, 1.82) is 0 Å². The molecular weight excluding hydrogens is 372 g/mol. The minimum Gasteiger partial charge on any atom is -0.370 e. The zero-order valence-electron chi connectivity index (χ0n) is 17.7. The fraction of sp³-hybridized carbons (Fsp3) is 0.400. The zero-order chi connectivity index (χ0) is 20.8. The molecule has 1 aromatic carbocycles. The molecule has 0 saturated carbocycles. The van der Waals surface area contributed by atoms with Crippen molar-refractivity contribution in [2.45, 2.75) is 57.9 Å². The van der Waals surface area contributed by atoms with Crippen LogP contribution >= 0.6 is 0 Å². The summed E-state index contributed by atoms with van der Waals surface area (Å²) in [7, 11) is 0. The molecule has 1 aliphatic rings. The molecule has 1 aliphatic heterocycles. The molecule has 4 rings (SSSR count). The second-order valence-corrected chi connectivity index (χ2v) is 8.04. The van der Waals surface area contributed by atoms with E-state index in [0.717, 1.165) is 66.6 Å². The molecule has 1 unspecified atom stereocenters. The van der Waals surface area contributed by atoms with Gasteiger partial charge in [-0.1, -0.05) is 31.2 Å². The third kappa shape index (κ3) is 4.96. The van der Waals surface area contributed by atoms with Crippen molar-refractivity contribution in [1.82, 2.24) is 15.3 Å². The van der Waals surface area contributed by atoms with Crippen LogP contribution in [0.4, 0.5) is 5.82 Å². The molecule has 1 amide bonds. The standard InChI is InChI=1S/C25H30N4O/c1-2-22(20-16-19-8-3-5-11-23(19)27-17-20)29-24(30)12-6-4-10-21-14-13-18-9-7-15-26-25(18)28-21/h3,5,8,11,13-14,16-17,22H,2,4,6-7,9-10,12,15H2,1H3,(H,26,28)(H,29,30). The number of benzene rings is 1. The van der Waals surface area contributed by atoms with E-state index in [-0.39, 0.29) is 11.9 Å². The highest BCUT2D eigenvalue weighted by Gasteiger charge is 2.14. The number of aromatic nitrogens is 2. The molecule has 3 aromatic rings. The van der Waals surface area contributed by atoms with Crippen LogP contribution < -0.4 is 10.6 Å². The first-order valence-corrected chi connectivity index (χ1v) is 11.1. The maximum atomic E-state index is 12.5. The number of aryl methyl sites for hydroxylation is 2. The summed E-state index contributed by atoms with van der Waals surface area (Å²) in [6, 6.07) is 14.5. The quantitative estimate of drug-likeness (QED) is 0.522. The molecular formula is C25H30N4O. The lowest BCUT2D eigenvalue weighted by molar-refractivity contribution is -0.122. The molecule has 2 aromatic heterocycles. The fourth-order valence-corrected chi connectivity index (χ4v) is 4.07. The van der Waals surface area contributed by atoms with Crippen LogP contribution in [0.15, 0.2) is 48.7 Å². The maximum Gasteiger partial charge on any atom is 0.220 e. The lowest BCUT2D eigenvalue weighted by atomic mass is 10.0. The van der Waals surface area contributed by atoms with Gasteiger partial charge in [-0.2, -0.15) is 0 Å². The molecule has 0 saturated heterocycles. The van der Waals surface area contributed by atoms with Crippen LogP contribution in [0.2, 0.25) is 0 Å². The summed E-state index contributed by atoms with van der Waals surface area (Å²) in [5.41, 5.74) is 4.47. The van der Waals surface area contributed by atoms with Gasteiger partial charge in [0.05, 0.1) is 11.6 Å². The van der Waals surface area contributed by atoms with Crippen molar-refractivity contribution in [3.63, 3.8) is 0 Å². The molecule has 156 valence electrons. The Kier molecular flexibility index (Phi) is 6.57. The number of amides is 1. The number of nitrogens with zero attached hydrogens (tertiary/aromatic N) is 2. The number of unbranched alkanes of at least 4 members (excludes halogenated alkanes) is 1. The number of para-hydroxylation sites is 1. The molecule has 3 heterocycles. The van der Waals surface area contributed by atoms with E-state index >= 15 is 0 Å². The average Bonchev–Trinajstić information content (AvgIpc) is 2.80. The van der Waals surface area contributed by atoms with Crippen LogP contribution in [-0.2, 0) is 17.6 Å². The molecule has 0 fully saturated rings. The molecule has 0 radical (unpaired) electrons. The van der Waals surface area contributed by atoms with Crippen LogP contribution in [0.3, 0.4) is 0 Å². The summed E-state index contributed by atoms with van der Waals surface area (Å²) < 4.78 is 0. The SMILES string of the molecule is CCC(NC(=O)CCCCc1ccc2c(n1)NCCC2)c1cnc2ccccc2c1. The third-order valence-corrected chi connectivity index (χ3v) is 5.80. The maximum absolute atomic E-state index is 12.5. The second-order valence-electron chi connectivity index (χ2n) is 8.04. The molecule has 0 bridgehead atoms. The van der Waals surface area contributed by atoms with Gasteiger partial charge < -0.3 is 10.6 Å². The Morgan fingerprint density at radius 3 is 3.00 bits per heavy atom. The van der Waals surface area contributed by atoms with Crippen LogP contribution in [0.5, 0.6) is 0 Å². The summed E-state index contributed by atoms with van der Waals surface area (Å²) in [5.74, 6) is 1.15. The summed E-state index contributed by atoms with van der Waals surface area (Å²) in [5, 5.41) is 7.67. The second kappa shape index (κ2) is 9.70. The number of anilines is 1. The Hall–Kier alpha value is -2.95. The van der Waals surface area contributed by atoms with Crippen molar-refractivity contribution >= 4 is 22.6 Å². The lowest BCUT2D eigenvalue weighted by Gasteiger charge is -2.18. The van der Waals surface area contributed by atoms with E-state index in [2.05, 4.69) is 46.8 Å². The van der Waals surface area contributed by atoms with Crippen molar-refractivity contribution in [2.75, 3.05) is 11.9 Å². The van der Waals surface area contributed by atoms with E-state index < -0.39 is 0 Å². The Morgan fingerprint density at radius 2 is 2.10 bits per heavy atom. The Morgan fingerprint density at radius 1 is 1.20 bits per heavy atom. The number of pyridine rings is 2. The van der Waals surface area contributed by atoms with Gasteiger partial charge in [-0.15, -0.1) is 0 Å². The number of hydrogen-bond donors (Lipinski definition) is 2. The Balaban J connectivity index is 1.26. The first-order valence-electron chi connectivity index (χ1n) is 11.1. The molecule has 0 aliphatic carbocycles. The minimum absolute atomic E-state index is 0.00277. The van der Waals surface area contributed by atoms with Gasteiger partial charge in [-0.25, -0.2) is 4.98 Å². The molecule has 5 heteroatoms. The van der Waals surface area contributed by atoms with Crippen molar-refractivity contribution in [3.05, 3.63) is 65.5 Å². The van der Waals surface area contributed by atoms with Gasteiger partial charge in [0.15, 0.2) is 0 Å². The molecule has 5 nitrogen and oxygen atoms in total. The van der Waals surface area contributed by atoms with E-state index in [1.807, 2.05) is 24.4 Å². The lowest BCUT2D eigenvalue weighted by Crippen LogP contribution is -2.28. The Bertz CT molecular complexity index is 1020.